The Kier molecular flexibility index (Phi) is 6.85. The summed E-state index contributed by atoms with van der Waals surface area (Å²) in [6, 6.07) is 11.4. The summed E-state index contributed by atoms with van der Waals surface area (Å²) in [5.41, 5.74) is 6.80. The minimum absolute atomic E-state index is 0.0669. The van der Waals surface area contributed by atoms with Gasteiger partial charge >= 0.3 is 0 Å². The molecule has 0 aliphatic carbocycles. The lowest BCUT2D eigenvalue weighted by molar-refractivity contribution is 0.228. The van der Waals surface area contributed by atoms with Crippen LogP contribution in [0.5, 0.6) is 11.5 Å². The van der Waals surface area contributed by atoms with Crippen molar-refractivity contribution in [1.82, 2.24) is 0 Å². The summed E-state index contributed by atoms with van der Waals surface area (Å²) in [6.45, 7) is 7.32. The standard InChI is InChI=1S/C20H20ClN3O2S/c1-11(2)25-18-13(9-22)14(10-23)19(26-12(3)4)20(17(18)21)27-16-8-6-5-7-15(16)24/h5-8,11-12H,24H2,1-4H3. The monoisotopic (exact) mass is 401 g/mol. The summed E-state index contributed by atoms with van der Waals surface area (Å²) in [5, 5.41) is 19.6. The molecule has 0 bridgehead atoms. The summed E-state index contributed by atoms with van der Waals surface area (Å²) in [5.74, 6) is 0.442. The zero-order chi connectivity index (χ0) is 20.1. The van der Waals surface area contributed by atoms with Gasteiger partial charge in [0.15, 0.2) is 11.5 Å². The van der Waals surface area contributed by atoms with Crippen molar-refractivity contribution >= 4 is 29.1 Å². The Balaban J connectivity index is 2.80. The molecule has 0 radical (unpaired) electrons. The third-order valence-corrected chi connectivity index (χ3v) is 5.03. The van der Waals surface area contributed by atoms with E-state index in [4.69, 9.17) is 26.8 Å². The van der Waals surface area contributed by atoms with Crippen molar-refractivity contribution in [3.63, 3.8) is 0 Å². The number of rotatable bonds is 6. The Morgan fingerprint density at radius 3 is 2.00 bits per heavy atom. The topological polar surface area (TPSA) is 92.1 Å². The van der Waals surface area contributed by atoms with Gasteiger partial charge < -0.3 is 15.2 Å². The van der Waals surface area contributed by atoms with E-state index in [9.17, 15) is 10.5 Å². The normalized spacial score (nSPS) is 10.6. The van der Waals surface area contributed by atoms with Crippen LogP contribution in [0.4, 0.5) is 5.69 Å². The second kappa shape index (κ2) is 8.90. The molecule has 0 atom stereocenters. The molecule has 0 fully saturated rings. The summed E-state index contributed by atoms with van der Waals surface area (Å²) in [7, 11) is 0. The Morgan fingerprint density at radius 2 is 1.48 bits per heavy atom. The molecule has 0 unspecified atom stereocenters. The molecule has 7 heteroatoms. The fourth-order valence-electron chi connectivity index (χ4n) is 2.34. The van der Waals surface area contributed by atoms with Crippen LogP contribution in [-0.4, -0.2) is 12.2 Å². The number of nitrogen functional groups attached to an aromatic ring is 1. The van der Waals surface area contributed by atoms with Gasteiger partial charge in [-0.25, -0.2) is 0 Å². The van der Waals surface area contributed by atoms with Gasteiger partial charge in [0.1, 0.15) is 28.3 Å². The maximum atomic E-state index is 9.72. The number of hydrogen-bond donors (Lipinski definition) is 1. The first-order chi connectivity index (χ1) is 12.8. The Bertz CT molecular complexity index is 930. The molecule has 140 valence electrons. The van der Waals surface area contributed by atoms with Crippen LogP contribution in [0, 0.1) is 22.7 Å². The van der Waals surface area contributed by atoms with Crippen LogP contribution in [0.2, 0.25) is 5.02 Å². The highest BCUT2D eigenvalue weighted by atomic mass is 35.5. The second-order valence-corrected chi connectivity index (χ2v) is 7.68. The van der Waals surface area contributed by atoms with Gasteiger partial charge in [-0.05, 0) is 39.8 Å². The zero-order valence-electron chi connectivity index (χ0n) is 15.5. The van der Waals surface area contributed by atoms with Crippen molar-refractivity contribution in [2.24, 2.45) is 0 Å². The number of benzene rings is 2. The lowest BCUT2D eigenvalue weighted by atomic mass is 10.1. The Labute approximate surface area is 168 Å². The van der Waals surface area contributed by atoms with E-state index in [1.807, 2.05) is 52.0 Å². The van der Waals surface area contributed by atoms with Gasteiger partial charge in [-0.3, -0.25) is 0 Å². The number of hydrogen-bond acceptors (Lipinski definition) is 6. The van der Waals surface area contributed by atoms with E-state index in [-0.39, 0.29) is 39.9 Å². The van der Waals surface area contributed by atoms with Crippen LogP contribution < -0.4 is 15.2 Å². The predicted octanol–water partition coefficient (Wildman–Crippen LogP) is 5.39. The zero-order valence-corrected chi connectivity index (χ0v) is 17.1. The fourth-order valence-corrected chi connectivity index (χ4v) is 3.65. The van der Waals surface area contributed by atoms with Crippen LogP contribution >= 0.6 is 23.4 Å². The number of nitriles is 2. The maximum Gasteiger partial charge on any atom is 0.158 e. The van der Waals surface area contributed by atoms with Crippen molar-refractivity contribution in [3.05, 3.63) is 40.4 Å². The van der Waals surface area contributed by atoms with E-state index in [1.54, 1.807) is 6.07 Å². The summed E-state index contributed by atoms with van der Waals surface area (Å²) >= 11 is 7.91. The van der Waals surface area contributed by atoms with Crippen molar-refractivity contribution in [1.29, 1.82) is 10.5 Å². The first-order valence-corrected chi connectivity index (χ1v) is 9.54. The number of anilines is 1. The summed E-state index contributed by atoms with van der Waals surface area (Å²) in [4.78, 5) is 1.26. The van der Waals surface area contributed by atoms with Gasteiger partial charge in [0.05, 0.1) is 17.1 Å². The molecule has 0 spiro atoms. The van der Waals surface area contributed by atoms with Crippen LogP contribution in [0.1, 0.15) is 38.8 Å². The molecule has 2 N–H and O–H groups in total. The molecule has 0 saturated carbocycles. The number of ether oxygens (including phenoxy) is 2. The first kappa shape index (κ1) is 20.8. The maximum absolute atomic E-state index is 9.72. The number of nitrogens with zero attached hydrogens (tertiary/aromatic N) is 2. The lowest BCUT2D eigenvalue weighted by Crippen LogP contribution is -2.12. The highest BCUT2D eigenvalue weighted by Gasteiger charge is 2.28. The quantitative estimate of drug-likeness (QED) is 0.652. The molecule has 0 aromatic heterocycles. The first-order valence-electron chi connectivity index (χ1n) is 8.35. The fraction of sp³-hybridized carbons (Fsp3) is 0.300. The highest BCUT2D eigenvalue weighted by Crippen LogP contribution is 2.50. The molecule has 0 amide bonds. The molecule has 2 rings (SSSR count). The smallest absolute Gasteiger partial charge is 0.158 e. The summed E-state index contributed by atoms with van der Waals surface area (Å²) < 4.78 is 11.7. The molecule has 2 aromatic rings. The second-order valence-electron chi connectivity index (χ2n) is 6.25. The number of halogens is 1. The minimum atomic E-state index is -0.224. The molecule has 0 aliphatic rings. The largest absolute Gasteiger partial charge is 0.488 e. The molecule has 27 heavy (non-hydrogen) atoms. The van der Waals surface area contributed by atoms with Gasteiger partial charge in [0.2, 0.25) is 0 Å². The van der Waals surface area contributed by atoms with Gasteiger partial charge in [-0.15, -0.1) is 0 Å². The van der Waals surface area contributed by atoms with Crippen LogP contribution in [0.15, 0.2) is 34.1 Å². The van der Waals surface area contributed by atoms with E-state index in [1.165, 1.54) is 11.8 Å². The lowest BCUT2D eigenvalue weighted by Gasteiger charge is -2.22. The molecule has 0 aliphatic heterocycles. The predicted molar refractivity (Wildman–Crippen MR) is 107 cm³/mol. The Hall–Kier alpha value is -2.54. The molecule has 0 saturated heterocycles. The van der Waals surface area contributed by atoms with Gasteiger partial charge in [0, 0.05) is 10.6 Å². The van der Waals surface area contributed by atoms with E-state index in [2.05, 4.69) is 6.07 Å². The molecule has 5 nitrogen and oxygen atoms in total. The van der Waals surface area contributed by atoms with Crippen LogP contribution in [0.25, 0.3) is 0 Å². The van der Waals surface area contributed by atoms with E-state index in [0.29, 0.717) is 10.6 Å². The van der Waals surface area contributed by atoms with Crippen LogP contribution in [0.3, 0.4) is 0 Å². The molecular weight excluding hydrogens is 382 g/mol. The molecule has 2 aromatic carbocycles. The third kappa shape index (κ3) is 4.60. The average molecular weight is 402 g/mol. The van der Waals surface area contributed by atoms with E-state index in [0.717, 1.165) is 4.90 Å². The van der Waals surface area contributed by atoms with Gasteiger partial charge in [-0.1, -0.05) is 35.5 Å². The number of para-hydroxylation sites is 1. The average Bonchev–Trinajstić information content (AvgIpc) is 2.60. The van der Waals surface area contributed by atoms with Crippen molar-refractivity contribution < 1.29 is 9.47 Å². The third-order valence-electron chi connectivity index (χ3n) is 3.37. The number of nitrogens with two attached hydrogens (primary N) is 1. The van der Waals surface area contributed by atoms with E-state index >= 15 is 0 Å². The Morgan fingerprint density at radius 1 is 0.963 bits per heavy atom. The van der Waals surface area contributed by atoms with Crippen molar-refractivity contribution in [3.8, 4) is 23.6 Å². The highest BCUT2D eigenvalue weighted by molar-refractivity contribution is 7.99. The molecule has 0 heterocycles. The summed E-state index contributed by atoms with van der Waals surface area (Å²) in [6.07, 6.45) is -0.443. The van der Waals surface area contributed by atoms with Crippen LogP contribution in [-0.2, 0) is 0 Å². The SMILES string of the molecule is CC(C)Oc1c(Cl)c(Sc2ccccc2N)c(OC(C)C)c(C#N)c1C#N. The van der Waals surface area contributed by atoms with Crippen molar-refractivity contribution in [2.75, 3.05) is 5.73 Å². The minimum Gasteiger partial charge on any atom is -0.488 e. The van der Waals surface area contributed by atoms with Gasteiger partial charge in [0.25, 0.3) is 0 Å². The van der Waals surface area contributed by atoms with E-state index < -0.39 is 0 Å². The molecular formula is C20H20ClN3O2S. The van der Waals surface area contributed by atoms with Gasteiger partial charge in [-0.2, -0.15) is 10.5 Å². The van der Waals surface area contributed by atoms with Crippen molar-refractivity contribution in [2.45, 2.75) is 49.7 Å².